The lowest BCUT2D eigenvalue weighted by Gasteiger charge is -2.18. The molecule has 0 saturated carbocycles. The number of nitrogens with one attached hydrogen (secondary N) is 1. The van der Waals surface area contributed by atoms with Gasteiger partial charge < -0.3 is 19.5 Å². The summed E-state index contributed by atoms with van der Waals surface area (Å²) in [5, 5.41) is 4.26. The highest BCUT2D eigenvalue weighted by Gasteiger charge is 2.30. The Morgan fingerprint density at radius 1 is 0.953 bits per heavy atom. The molecule has 7 nitrogen and oxygen atoms in total. The van der Waals surface area contributed by atoms with Crippen LogP contribution in [0.3, 0.4) is 0 Å². The smallest absolute Gasteiger partial charge is 0.341 e. The third kappa shape index (κ3) is 5.58. The van der Waals surface area contributed by atoms with Gasteiger partial charge in [0.2, 0.25) is 0 Å². The van der Waals surface area contributed by atoms with E-state index in [2.05, 4.69) is 19.2 Å². The number of ether oxygens (including phenoxy) is 3. The predicted octanol–water partition coefficient (Wildman–Crippen LogP) is 7.81. The normalized spacial score (nSPS) is 12.0. The fourth-order valence-corrected chi connectivity index (χ4v) is 6.61. The first-order chi connectivity index (χ1) is 20.9. The molecule has 0 atom stereocenters. The Morgan fingerprint density at radius 3 is 2.58 bits per heavy atom. The van der Waals surface area contributed by atoms with Crippen LogP contribution in [0.4, 0.5) is 5.00 Å². The summed E-state index contributed by atoms with van der Waals surface area (Å²) >= 11 is 1.42. The maximum Gasteiger partial charge on any atom is 0.341 e. The molecule has 0 unspecified atom stereocenters. The van der Waals surface area contributed by atoms with Crippen LogP contribution < -0.4 is 14.8 Å². The minimum Gasteiger partial charge on any atom is -0.497 e. The number of pyridine rings is 1. The summed E-state index contributed by atoms with van der Waals surface area (Å²) in [6.45, 7) is 4.81. The molecule has 0 bridgehead atoms. The van der Waals surface area contributed by atoms with Crippen LogP contribution in [0.25, 0.3) is 33.3 Å². The number of nitrogens with zero attached hydrogens (tertiary/aromatic N) is 1. The molecule has 218 valence electrons. The lowest BCUT2D eigenvalue weighted by molar-refractivity contribution is 0.0603. The van der Waals surface area contributed by atoms with Gasteiger partial charge in [0.15, 0.2) is 0 Å². The van der Waals surface area contributed by atoms with Gasteiger partial charge in [-0.05, 0) is 66.3 Å². The van der Waals surface area contributed by atoms with E-state index in [0.717, 1.165) is 51.5 Å². The molecule has 2 aromatic heterocycles. The SMILES string of the molecule is COC(=O)c1c(NC(=O)c2cc(-c3cccc(OCC(C)C)c3)nc3ccccc23)sc2c1-c1ccc(OC)cc1CC2. The first-order valence-electron chi connectivity index (χ1n) is 14.2. The van der Waals surface area contributed by atoms with Crippen LogP contribution in [0.1, 0.15) is 45.0 Å². The Bertz CT molecular complexity index is 1860. The number of aromatic nitrogens is 1. The molecule has 0 fully saturated rings. The number of hydrogen-bond acceptors (Lipinski definition) is 7. The minimum absolute atomic E-state index is 0.328. The van der Waals surface area contributed by atoms with E-state index in [1.807, 2.05) is 66.7 Å². The number of rotatable bonds is 8. The number of thiophene rings is 1. The largest absolute Gasteiger partial charge is 0.497 e. The minimum atomic E-state index is -0.491. The number of para-hydroxylation sites is 1. The summed E-state index contributed by atoms with van der Waals surface area (Å²) in [4.78, 5) is 33.1. The molecule has 8 heteroatoms. The van der Waals surface area contributed by atoms with Crippen LogP contribution in [0.5, 0.6) is 11.5 Å². The number of fused-ring (bicyclic) bond motifs is 4. The summed E-state index contributed by atoms with van der Waals surface area (Å²) in [6, 6.07) is 23.0. The van der Waals surface area contributed by atoms with E-state index in [9.17, 15) is 9.59 Å². The molecule has 1 amide bonds. The van der Waals surface area contributed by atoms with Gasteiger partial charge >= 0.3 is 5.97 Å². The molecule has 0 aliphatic heterocycles. The first kappa shape index (κ1) is 28.4. The molecule has 3 aromatic carbocycles. The van der Waals surface area contributed by atoms with Crippen molar-refractivity contribution in [1.29, 1.82) is 0 Å². The Balaban J connectivity index is 1.41. The Labute approximate surface area is 254 Å². The molecule has 43 heavy (non-hydrogen) atoms. The fraction of sp³-hybridized carbons (Fsp3) is 0.229. The second-order valence-corrected chi connectivity index (χ2v) is 12.0. The number of carbonyl (C=O) groups is 2. The average molecular weight is 593 g/mol. The molecular weight excluding hydrogens is 560 g/mol. The van der Waals surface area contributed by atoms with Crippen molar-refractivity contribution in [2.75, 3.05) is 26.1 Å². The third-order valence-corrected chi connectivity index (χ3v) is 8.64. The monoisotopic (exact) mass is 592 g/mol. The number of anilines is 1. The number of carbonyl (C=O) groups excluding carboxylic acids is 2. The highest BCUT2D eigenvalue weighted by atomic mass is 32.1. The molecule has 5 aromatic rings. The number of amides is 1. The van der Waals surface area contributed by atoms with Crippen molar-refractivity contribution in [2.45, 2.75) is 26.7 Å². The van der Waals surface area contributed by atoms with Crippen LogP contribution in [0, 0.1) is 5.92 Å². The second kappa shape index (κ2) is 11.9. The van der Waals surface area contributed by atoms with Gasteiger partial charge in [0.1, 0.15) is 22.1 Å². The van der Waals surface area contributed by atoms with Crippen LogP contribution in [0.2, 0.25) is 0 Å². The number of benzene rings is 3. The van der Waals surface area contributed by atoms with E-state index in [4.69, 9.17) is 19.2 Å². The topological polar surface area (TPSA) is 86.8 Å². The third-order valence-electron chi connectivity index (χ3n) is 7.47. The van der Waals surface area contributed by atoms with Crippen molar-refractivity contribution in [2.24, 2.45) is 5.92 Å². The lowest BCUT2D eigenvalue weighted by Crippen LogP contribution is -2.15. The zero-order valence-corrected chi connectivity index (χ0v) is 25.3. The van der Waals surface area contributed by atoms with Gasteiger partial charge in [-0.3, -0.25) is 4.79 Å². The summed E-state index contributed by atoms with van der Waals surface area (Å²) in [7, 11) is 3.00. The van der Waals surface area contributed by atoms with Crippen LogP contribution in [-0.2, 0) is 17.6 Å². The van der Waals surface area contributed by atoms with Gasteiger partial charge in [-0.25, -0.2) is 9.78 Å². The van der Waals surface area contributed by atoms with E-state index in [1.54, 1.807) is 13.2 Å². The quantitative estimate of drug-likeness (QED) is 0.185. The van der Waals surface area contributed by atoms with Gasteiger partial charge in [-0.2, -0.15) is 0 Å². The summed E-state index contributed by atoms with van der Waals surface area (Å²) in [5.74, 6) is 1.09. The van der Waals surface area contributed by atoms with E-state index < -0.39 is 5.97 Å². The molecular formula is C35H32N2O5S. The average Bonchev–Trinajstić information content (AvgIpc) is 3.40. The van der Waals surface area contributed by atoms with E-state index in [1.165, 1.54) is 18.4 Å². The van der Waals surface area contributed by atoms with Crippen molar-refractivity contribution < 1.29 is 23.8 Å². The number of aryl methyl sites for hydroxylation is 2. The second-order valence-electron chi connectivity index (χ2n) is 10.9. The van der Waals surface area contributed by atoms with Crippen molar-refractivity contribution in [3.63, 3.8) is 0 Å². The van der Waals surface area contributed by atoms with Gasteiger partial charge in [-0.1, -0.05) is 50.2 Å². The highest BCUT2D eigenvalue weighted by molar-refractivity contribution is 7.17. The maximum absolute atomic E-state index is 14.0. The maximum atomic E-state index is 14.0. The standard InChI is InChI=1S/C35H32N2O5S/c1-20(2)19-42-24-9-7-8-22(17-24)29-18-27(26-10-5-6-11-28(26)36-29)33(38)37-34-32(35(39)41-4)31-25-14-13-23(40-3)16-21(25)12-15-30(31)43-34/h5-11,13-14,16-18,20H,12,15,19H2,1-4H3,(H,37,38). The highest BCUT2D eigenvalue weighted by Crippen LogP contribution is 2.46. The molecule has 0 saturated heterocycles. The Morgan fingerprint density at radius 2 is 1.79 bits per heavy atom. The zero-order chi connectivity index (χ0) is 30.1. The number of hydrogen-bond donors (Lipinski definition) is 1. The Hall–Kier alpha value is -4.69. The van der Waals surface area contributed by atoms with E-state index in [0.29, 0.717) is 45.2 Å². The fourth-order valence-electron chi connectivity index (χ4n) is 5.41. The van der Waals surface area contributed by atoms with Crippen molar-refractivity contribution in [1.82, 2.24) is 4.98 Å². The van der Waals surface area contributed by atoms with Gasteiger partial charge in [-0.15, -0.1) is 11.3 Å². The first-order valence-corrected chi connectivity index (χ1v) is 15.0. The summed E-state index contributed by atoms with van der Waals surface area (Å²) < 4.78 is 16.6. The summed E-state index contributed by atoms with van der Waals surface area (Å²) in [6.07, 6.45) is 1.56. The predicted molar refractivity (Wildman–Crippen MR) is 171 cm³/mol. The van der Waals surface area contributed by atoms with E-state index >= 15 is 0 Å². The molecule has 0 spiro atoms. The van der Waals surface area contributed by atoms with E-state index in [-0.39, 0.29) is 5.91 Å². The van der Waals surface area contributed by atoms with Crippen LogP contribution in [0.15, 0.2) is 72.8 Å². The Kier molecular flexibility index (Phi) is 7.86. The molecule has 1 aliphatic carbocycles. The van der Waals surface area contributed by atoms with Crippen LogP contribution in [-0.4, -0.2) is 37.7 Å². The summed E-state index contributed by atoms with van der Waals surface area (Å²) in [5.41, 5.74) is 5.88. The van der Waals surface area contributed by atoms with Gasteiger partial charge in [0, 0.05) is 21.4 Å². The number of esters is 1. The molecule has 0 radical (unpaired) electrons. The molecule has 6 rings (SSSR count). The molecule has 2 heterocycles. The van der Waals surface area contributed by atoms with Crippen molar-refractivity contribution >= 4 is 39.1 Å². The molecule has 1 N–H and O–H groups in total. The van der Waals surface area contributed by atoms with Crippen molar-refractivity contribution in [3.05, 3.63) is 94.4 Å². The number of methoxy groups -OCH3 is 2. The molecule has 1 aliphatic rings. The van der Waals surface area contributed by atoms with Gasteiger partial charge in [0.05, 0.1) is 37.6 Å². The van der Waals surface area contributed by atoms with Crippen LogP contribution >= 0.6 is 11.3 Å². The van der Waals surface area contributed by atoms with Crippen molar-refractivity contribution in [3.8, 4) is 33.9 Å². The lowest BCUT2D eigenvalue weighted by atomic mass is 9.88. The van der Waals surface area contributed by atoms with Gasteiger partial charge in [0.25, 0.3) is 5.91 Å². The zero-order valence-electron chi connectivity index (χ0n) is 24.5.